The molecule has 0 aliphatic heterocycles. The fraction of sp³-hybridized carbons (Fsp3) is 0.429. The molecule has 3 aliphatic rings. The molecule has 2 aromatic carbocycles. The molecule has 6 unspecified atom stereocenters. The Bertz CT molecular complexity index is 1480. The molecular weight excluding hydrogens is 484 g/mol. The molecule has 2 N–H and O–H groups in total. The summed E-state index contributed by atoms with van der Waals surface area (Å²) in [5, 5.41) is 25.6. The fourth-order valence-electron chi connectivity index (χ4n) is 7.85. The summed E-state index contributed by atoms with van der Waals surface area (Å²) in [5.41, 5.74) is 6.69. The van der Waals surface area contributed by atoms with Gasteiger partial charge < -0.3 is 10.2 Å². The number of hydrogen-bond donors (Lipinski definition) is 2. The number of terminal acetylenes is 1. The summed E-state index contributed by atoms with van der Waals surface area (Å²) in [5.74, 6) is 20.2. The number of fused-ring (bicyclic) bond motifs is 5. The van der Waals surface area contributed by atoms with Gasteiger partial charge in [0.2, 0.25) is 0 Å². The molecule has 192 valence electrons. The van der Waals surface area contributed by atoms with Crippen molar-refractivity contribution in [3.05, 3.63) is 57.6 Å². The molecule has 0 spiro atoms. The number of phenolic OH excluding ortho intramolecular Hbond substituents is 2. The van der Waals surface area contributed by atoms with E-state index in [1.165, 1.54) is 42.2 Å². The third kappa shape index (κ3) is 4.90. The summed E-state index contributed by atoms with van der Waals surface area (Å²) in [6, 6.07) is 8.64. The van der Waals surface area contributed by atoms with Gasteiger partial charge >= 0.3 is 0 Å². The minimum Gasteiger partial charge on any atom is -0.507 e. The largest absolute Gasteiger partial charge is 0.507 e. The van der Waals surface area contributed by atoms with E-state index < -0.39 is 0 Å². The first-order chi connectivity index (χ1) is 18.4. The van der Waals surface area contributed by atoms with Crippen LogP contribution in [0.2, 0.25) is 0 Å². The van der Waals surface area contributed by atoms with Crippen molar-refractivity contribution < 1.29 is 10.2 Å². The lowest BCUT2D eigenvalue weighted by Crippen LogP contribution is -2.27. The quantitative estimate of drug-likeness (QED) is 0.417. The lowest BCUT2D eigenvalue weighted by atomic mass is 9.68. The van der Waals surface area contributed by atoms with Gasteiger partial charge in [0.05, 0.1) is 0 Å². The van der Waals surface area contributed by atoms with Crippen LogP contribution in [0.15, 0.2) is 24.3 Å². The number of thioether (sulfide) groups is 1. The molecule has 3 heteroatoms. The summed E-state index contributed by atoms with van der Waals surface area (Å²) in [4.78, 5) is 0. The second-order valence-corrected chi connectivity index (χ2v) is 11.9. The lowest BCUT2D eigenvalue weighted by molar-refractivity contribution is 0.213. The van der Waals surface area contributed by atoms with Gasteiger partial charge in [-0.3, -0.25) is 0 Å². The molecule has 0 aromatic heterocycles. The van der Waals surface area contributed by atoms with Gasteiger partial charge in [0.15, 0.2) is 0 Å². The third-order valence-electron chi connectivity index (χ3n) is 9.10. The average molecular weight is 519 g/mol. The number of phenols is 2. The van der Waals surface area contributed by atoms with Crippen molar-refractivity contribution in [2.75, 3.05) is 0 Å². The predicted octanol–water partition coefficient (Wildman–Crippen LogP) is 7.04. The zero-order chi connectivity index (χ0) is 26.8. The van der Waals surface area contributed by atoms with Crippen LogP contribution in [-0.4, -0.2) is 10.2 Å². The maximum atomic E-state index is 11.4. The van der Waals surface area contributed by atoms with Crippen molar-refractivity contribution in [3.8, 4) is 58.7 Å². The van der Waals surface area contributed by atoms with E-state index in [0.717, 1.165) is 46.9 Å². The minimum atomic E-state index is 0.366. The van der Waals surface area contributed by atoms with Gasteiger partial charge in [0.25, 0.3) is 0 Å². The van der Waals surface area contributed by atoms with Crippen molar-refractivity contribution in [2.45, 2.75) is 70.5 Å². The van der Waals surface area contributed by atoms with Gasteiger partial charge in [-0.1, -0.05) is 54.1 Å². The van der Waals surface area contributed by atoms with E-state index in [2.05, 4.69) is 85.8 Å². The smallest absolute Gasteiger partial charge is 0.123 e. The second-order valence-electron chi connectivity index (χ2n) is 11.2. The molecule has 3 saturated carbocycles. The Morgan fingerprint density at radius 1 is 0.816 bits per heavy atom. The Morgan fingerprint density at radius 2 is 1.47 bits per heavy atom. The molecule has 38 heavy (non-hydrogen) atoms. The van der Waals surface area contributed by atoms with Gasteiger partial charge in [-0.25, -0.2) is 0 Å². The van der Waals surface area contributed by atoms with Crippen LogP contribution in [0.4, 0.5) is 0 Å². The Morgan fingerprint density at radius 3 is 2.21 bits per heavy atom. The maximum Gasteiger partial charge on any atom is 0.123 e. The minimum absolute atomic E-state index is 0.366. The summed E-state index contributed by atoms with van der Waals surface area (Å²) in [7, 11) is 0. The van der Waals surface area contributed by atoms with E-state index >= 15 is 0 Å². The molecule has 0 heterocycles. The second kappa shape index (κ2) is 11.2. The molecule has 3 aliphatic carbocycles. The first-order valence-corrected chi connectivity index (χ1v) is 14.6. The highest BCUT2D eigenvalue weighted by Crippen LogP contribution is 2.68. The number of aromatic hydroxyl groups is 2. The Kier molecular flexibility index (Phi) is 7.71. The van der Waals surface area contributed by atoms with Gasteiger partial charge in [-0.15, -0.1) is 6.42 Å². The zero-order valence-corrected chi connectivity index (χ0v) is 23.2. The van der Waals surface area contributed by atoms with Crippen molar-refractivity contribution in [2.24, 2.45) is 23.7 Å². The van der Waals surface area contributed by atoms with Crippen molar-refractivity contribution >= 4 is 11.8 Å². The molecule has 0 saturated heterocycles. The molecule has 3 fully saturated rings. The SMILES string of the molecule is C#CC#CC#CC#CSCc1cc(C)cc(C2CCC3C4CC(c5cc(C)cc(CC)c5O)C(C4)C23)c1O. The monoisotopic (exact) mass is 518 g/mol. The molecule has 6 atom stereocenters. The number of hydrogen-bond acceptors (Lipinski definition) is 3. The van der Waals surface area contributed by atoms with E-state index in [1.807, 2.05) is 0 Å². The first kappa shape index (κ1) is 26.2. The number of rotatable bonds is 5. The van der Waals surface area contributed by atoms with Gasteiger partial charge in [-0.2, -0.15) is 0 Å². The number of benzene rings is 2. The highest BCUT2D eigenvalue weighted by Gasteiger charge is 2.58. The van der Waals surface area contributed by atoms with Crippen LogP contribution in [0.1, 0.15) is 77.8 Å². The van der Waals surface area contributed by atoms with Crippen LogP contribution in [0.5, 0.6) is 11.5 Å². The normalized spacial score (nSPS) is 26.3. The highest BCUT2D eigenvalue weighted by atomic mass is 32.2. The Balaban J connectivity index is 1.39. The first-order valence-electron chi connectivity index (χ1n) is 13.6. The van der Waals surface area contributed by atoms with Crippen molar-refractivity contribution in [1.82, 2.24) is 0 Å². The van der Waals surface area contributed by atoms with E-state index in [9.17, 15) is 10.2 Å². The Hall–Kier alpha value is -3.37. The third-order valence-corrected chi connectivity index (χ3v) is 9.80. The van der Waals surface area contributed by atoms with Gasteiger partial charge in [-0.05, 0) is 139 Å². The van der Waals surface area contributed by atoms with Crippen LogP contribution in [0.3, 0.4) is 0 Å². The van der Waals surface area contributed by atoms with Crippen LogP contribution >= 0.6 is 11.8 Å². The average Bonchev–Trinajstić information content (AvgIpc) is 3.61. The van der Waals surface area contributed by atoms with Crippen molar-refractivity contribution in [3.63, 3.8) is 0 Å². The predicted molar refractivity (Wildman–Crippen MR) is 156 cm³/mol. The summed E-state index contributed by atoms with van der Waals surface area (Å²) in [6.07, 6.45) is 10.7. The maximum absolute atomic E-state index is 11.4. The summed E-state index contributed by atoms with van der Waals surface area (Å²) < 4.78 is 0. The molecule has 2 nitrogen and oxygen atoms in total. The van der Waals surface area contributed by atoms with E-state index in [-0.39, 0.29) is 0 Å². The summed E-state index contributed by atoms with van der Waals surface area (Å²) in [6.45, 7) is 6.38. The standard InChI is InChI=1S/C35H34O2S/c1-5-7-8-9-10-11-14-38-21-26-16-23(4)17-31(35(26)37)28-13-12-27-25-19-29(30(20-25)33(27)28)32-18-22(3)15-24(6-2)34(32)36/h1,15-18,25,27-30,33,36-37H,6,12-13,19-21H2,2-4H3. The van der Waals surface area contributed by atoms with Crippen molar-refractivity contribution in [1.29, 1.82) is 0 Å². The topological polar surface area (TPSA) is 40.5 Å². The molecule has 0 radical (unpaired) electrons. The van der Waals surface area contributed by atoms with Gasteiger partial charge in [0, 0.05) is 11.3 Å². The zero-order valence-electron chi connectivity index (χ0n) is 22.4. The molecule has 2 bridgehead atoms. The molecule has 2 aromatic rings. The van der Waals surface area contributed by atoms with Crippen LogP contribution in [0.25, 0.3) is 0 Å². The number of aryl methyl sites for hydroxylation is 3. The lowest BCUT2D eigenvalue weighted by Gasteiger charge is -2.36. The van der Waals surface area contributed by atoms with E-state index in [0.29, 0.717) is 40.9 Å². The van der Waals surface area contributed by atoms with Crippen LogP contribution < -0.4 is 0 Å². The summed E-state index contributed by atoms with van der Waals surface area (Å²) >= 11 is 1.44. The fourth-order valence-corrected chi connectivity index (χ4v) is 8.42. The van der Waals surface area contributed by atoms with Crippen LogP contribution in [-0.2, 0) is 12.2 Å². The molecule has 0 amide bonds. The Labute approximate surface area is 232 Å². The van der Waals surface area contributed by atoms with E-state index in [1.54, 1.807) is 0 Å². The highest BCUT2D eigenvalue weighted by molar-refractivity contribution is 8.03. The molecular formula is C35H34O2S. The van der Waals surface area contributed by atoms with Gasteiger partial charge in [0.1, 0.15) is 11.5 Å². The van der Waals surface area contributed by atoms with Crippen LogP contribution in [0, 0.1) is 84.7 Å². The molecule has 5 rings (SSSR count). The van der Waals surface area contributed by atoms with E-state index in [4.69, 9.17) is 6.42 Å².